The number of carbonyl (C=O) groups is 1. The normalized spacial score (nSPS) is 24.1. The fraction of sp³-hybridized carbons (Fsp3) is 0.433. The minimum atomic E-state index is -4.52. The summed E-state index contributed by atoms with van der Waals surface area (Å²) in [4.78, 5) is 17.9. The maximum Gasteiger partial charge on any atom is 0.417 e. The van der Waals surface area contributed by atoms with Crippen molar-refractivity contribution in [3.8, 4) is 11.3 Å². The SMILES string of the molecule is CC12C[C@H](OCc3c(-c4ccccc4C(F)(F)F)noc3C3CC3)C[C@H]1CN(c1nc3c(F)cc(C(=O)O)cc3s1)C2. The molecule has 2 aromatic carbocycles. The van der Waals surface area contributed by atoms with E-state index >= 15 is 0 Å². The third-order valence-corrected chi connectivity index (χ3v) is 9.96. The monoisotopic (exact) mass is 601 g/mol. The Labute approximate surface area is 242 Å². The molecule has 1 saturated heterocycles. The van der Waals surface area contributed by atoms with Crippen LogP contribution in [0.1, 0.15) is 65.8 Å². The van der Waals surface area contributed by atoms with Crippen molar-refractivity contribution in [1.29, 1.82) is 0 Å². The van der Waals surface area contributed by atoms with Gasteiger partial charge in [0, 0.05) is 30.1 Å². The minimum absolute atomic E-state index is 0.00658. The quantitative estimate of drug-likeness (QED) is 0.219. The highest BCUT2D eigenvalue weighted by atomic mass is 32.1. The molecule has 0 amide bonds. The summed E-state index contributed by atoms with van der Waals surface area (Å²) < 4.78 is 68.4. The lowest BCUT2D eigenvalue weighted by Gasteiger charge is -2.24. The molecule has 1 unspecified atom stereocenters. The molecule has 0 radical (unpaired) electrons. The van der Waals surface area contributed by atoms with Crippen LogP contribution >= 0.6 is 11.3 Å². The van der Waals surface area contributed by atoms with E-state index in [9.17, 15) is 27.5 Å². The van der Waals surface area contributed by atoms with Crippen molar-refractivity contribution in [3.63, 3.8) is 0 Å². The van der Waals surface area contributed by atoms with Crippen LogP contribution in [0.25, 0.3) is 21.5 Å². The van der Waals surface area contributed by atoms with Crippen molar-refractivity contribution in [3.05, 3.63) is 64.7 Å². The summed E-state index contributed by atoms with van der Waals surface area (Å²) in [7, 11) is 0. The van der Waals surface area contributed by atoms with Gasteiger partial charge in [-0.2, -0.15) is 13.2 Å². The first-order chi connectivity index (χ1) is 20.0. The average Bonchev–Trinajstić information content (AvgIpc) is 3.25. The van der Waals surface area contributed by atoms with Crippen LogP contribution in [0.2, 0.25) is 0 Å². The fourth-order valence-electron chi connectivity index (χ4n) is 6.61. The Hall–Kier alpha value is -3.51. The van der Waals surface area contributed by atoms with E-state index < -0.39 is 23.5 Å². The highest BCUT2D eigenvalue weighted by Gasteiger charge is 2.51. The Morgan fingerprint density at radius 3 is 2.76 bits per heavy atom. The molecule has 42 heavy (non-hydrogen) atoms. The molecule has 0 spiro atoms. The highest BCUT2D eigenvalue weighted by molar-refractivity contribution is 7.22. The Balaban J connectivity index is 1.07. The van der Waals surface area contributed by atoms with Gasteiger partial charge in [0.05, 0.1) is 28.5 Å². The Bertz CT molecular complexity index is 1700. The molecule has 3 atom stereocenters. The van der Waals surface area contributed by atoms with E-state index in [-0.39, 0.29) is 52.3 Å². The van der Waals surface area contributed by atoms with Crippen LogP contribution in [0, 0.1) is 17.2 Å². The predicted molar refractivity (Wildman–Crippen MR) is 147 cm³/mol. The van der Waals surface area contributed by atoms with Gasteiger partial charge in [-0.05, 0) is 55.2 Å². The van der Waals surface area contributed by atoms with E-state index in [1.54, 1.807) is 6.07 Å². The maximum atomic E-state index is 14.5. The number of nitrogens with zero attached hydrogens (tertiary/aromatic N) is 3. The third kappa shape index (κ3) is 4.74. The molecule has 3 aliphatic rings. The highest BCUT2D eigenvalue weighted by Crippen LogP contribution is 2.52. The zero-order valence-corrected chi connectivity index (χ0v) is 23.4. The lowest BCUT2D eigenvalue weighted by atomic mass is 9.83. The van der Waals surface area contributed by atoms with Gasteiger partial charge in [-0.15, -0.1) is 0 Å². The zero-order chi connectivity index (χ0) is 29.4. The smallest absolute Gasteiger partial charge is 0.417 e. The summed E-state index contributed by atoms with van der Waals surface area (Å²) in [5.41, 5.74) is -0.00126. The summed E-state index contributed by atoms with van der Waals surface area (Å²) in [6, 6.07) is 7.86. The summed E-state index contributed by atoms with van der Waals surface area (Å²) in [5.74, 6) is -0.784. The number of anilines is 1. The number of alkyl halides is 3. The molecule has 12 heteroatoms. The van der Waals surface area contributed by atoms with Crippen molar-refractivity contribution in [2.75, 3.05) is 18.0 Å². The van der Waals surface area contributed by atoms with E-state index in [1.165, 1.54) is 29.5 Å². The number of aromatic nitrogens is 2. The van der Waals surface area contributed by atoms with Gasteiger partial charge in [-0.3, -0.25) is 0 Å². The number of halogens is 4. The Kier molecular flexibility index (Phi) is 6.36. The number of benzene rings is 2. The van der Waals surface area contributed by atoms with Gasteiger partial charge >= 0.3 is 12.1 Å². The van der Waals surface area contributed by atoms with E-state index in [0.717, 1.165) is 37.8 Å². The van der Waals surface area contributed by atoms with Crippen molar-refractivity contribution in [1.82, 2.24) is 10.1 Å². The molecule has 3 heterocycles. The van der Waals surface area contributed by atoms with Crippen LogP contribution in [0.15, 0.2) is 40.9 Å². The number of thiazole rings is 1. The number of carboxylic acids is 1. The summed E-state index contributed by atoms with van der Waals surface area (Å²) >= 11 is 1.28. The van der Waals surface area contributed by atoms with E-state index in [2.05, 4.69) is 22.0 Å². The first-order valence-corrected chi connectivity index (χ1v) is 14.7. The van der Waals surface area contributed by atoms with Crippen LogP contribution in [0.5, 0.6) is 0 Å². The van der Waals surface area contributed by atoms with Crippen LogP contribution in [0.3, 0.4) is 0 Å². The van der Waals surface area contributed by atoms with E-state index in [4.69, 9.17) is 9.26 Å². The number of hydrogen-bond donors (Lipinski definition) is 1. The molecule has 2 aromatic heterocycles. The van der Waals surface area contributed by atoms with Gasteiger partial charge < -0.3 is 19.3 Å². The lowest BCUT2D eigenvalue weighted by molar-refractivity contribution is -0.137. The van der Waals surface area contributed by atoms with Crippen LogP contribution in [0.4, 0.5) is 22.7 Å². The van der Waals surface area contributed by atoms with Gasteiger partial charge in [-0.1, -0.05) is 41.6 Å². The number of carboxylic acid groups (broad SMARTS) is 1. The molecule has 1 aliphatic heterocycles. The van der Waals surface area contributed by atoms with Gasteiger partial charge in [0.2, 0.25) is 0 Å². The molecule has 7 rings (SSSR count). The fourth-order valence-corrected chi connectivity index (χ4v) is 7.64. The van der Waals surface area contributed by atoms with E-state index in [1.807, 2.05) is 0 Å². The number of fused-ring (bicyclic) bond motifs is 2. The van der Waals surface area contributed by atoms with Crippen LogP contribution < -0.4 is 4.90 Å². The van der Waals surface area contributed by atoms with Crippen LogP contribution in [-0.4, -0.2) is 40.4 Å². The molecule has 220 valence electrons. The van der Waals surface area contributed by atoms with Gasteiger partial charge in [0.15, 0.2) is 10.9 Å². The summed E-state index contributed by atoms with van der Waals surface area (Å²) in [5, 5.41) is 14.0. The molecule has 4 aromatic rings. The van der Waals surface area contributed by atoms with Crippen LogP contribution in [-0.2, 0) is 17.5 Å². The number of hydrogen-bond acceptors (Lipinski definition) is 7. The molecule has 3 fully saturated rings. The van der Waals surface area contributed by atoms with E-state index in [0.29, 0.717) is 34.2 Å². The standard InChI is InChI=1S/C30H27F4N3O4S/c1-29-11-18(10-17(29)12-37(14-29)28-35-25-22(31)8-16(27(38)39)9-23(25)42-28)40-13-20-24(36-41-26(20)15-6-7-15)19-4-2-3-5-21(19)30(32,33)34/h2-5,8-9,15,17-18H,6-7,10-14H2,1H3,(H,38,39)/t17-,18+,29?/m0/s1. The molecule has 2 saturated carbocycles. The average molecular weight is 602 g/mol. The third-order valence-electron chi connectivity index (χ3n) is 8.89. The first-order valence-electron chi connectivity index (χ1n) is 13.8. The summed E-state index contributed by atoms with van der Waals surface area (Å²) in [6.45, 7) is 3.71. The van der Waals surface area contributed by atoms with Gasteiger partial charge in [0.25, 0.3) is 0 Å². The van der Waals surface area contributed by atoms with Crippen molar-refractivity contribution in [2.24, 2.45) is 11.3 Å². The lowest BCUT2D eigenvalue weighted by Crippen LogP contribution is -2.26. The molecule has 1 N–H and O–H groups in total. The second-order valence-electron chi connectivity index (χ2n) is 11.9. The zero-order valence-electron chi connectivity index (χ0n) is 22.6. The van der Waals surface area contributed by atoms with Gasteiger partial charge in [0.1, 0.15) is 17.0 Å². The Morgan fingerprint density at radius 1 is 1.26 bits per heavy atom. The predicted octanol–water partition coefficient (Wildman–Crippen LogP) is 7.51. The molecular formula is C30H27F4N3O4S. The largest absolute Gasteiger partial charge is 0.478 e. The van der Waals surface area contributed by atoms with Crippen molar-refractivity contribution in [2.45, 2.75) is 57.4 Å². The molecule has 2 aliphatic carbocycles. The first kappa shape index (κ1) is 27.3. The molecule has 0 bridgehead atoms. The van der Waals surface area contributed by atoms with Gasteiger partial charge in [-0.25, -0.2) is 14.2 Å². The van der Waals surface area contributed by atoms with Crippen molar-refractivity contribution < 1.29 is 36.7 Å². The molecule has 7 nitrogen and oxygen atoms in total. The summed E-state index contributed by atoms with van der Waals surface area (Å²) in [6.07, 6.45) is -1.25. The second-order valence-corrected chi connectivity index (χ2v) is 12.9. The number of ether oxygens (including phenoxy) is 1. The maximum absolute atomic E-state index is 14.5. The van der Waals surface area contributed by atoms with Crippen molar-refractivity contribution >= 4 is 32.7 Å². The number of rotatable bonds is 7. The topological polar surface area (TPSA) is 88.7 Å². The number of aromatic carboxylic acids is 1. The Morgan fingerprint density at radius 2 is 2.05 bits per heavy atom. The minimum Gasteiger partial charge on any atom is -0.478 e. The second kappa shape index (κ2) is 9.77. The molecular weight excluding hydrogens is 574 g/mol.